The predicted octanol–water partition coefficient (Wildman–Crippen LogP) is 5.47. The number of aryl methyl sites for hydroxylation is 2. The second kappa shape index (κ2) is 7.59. The van der Waals surface area contributed by atoms with Gasteiger partial charge in [0.2, 0.25) is 0 Å². The van der Waals surface area contributed by atoms with Crippen molar-refractivity contribution in [2.45, 2.75) is 43.1 Å². The topological polar surface area (TPSA) is 34.9 Å². The minimum absolute atomic E-state index is 0.0657. The van der Waals surface area contributed by atoms with E-state index in [4.69, 9.17) is 16.6 Å². The molecular formula is C20H19ClN2OS2. The molecule has 134 valence electrons. The van der Waals surface area contributed by atoms with Crippen LogP contribution in [-0.2, 0) is 25.1 Å². The summed E-state index contributed by atoms with van der Waals surface area (Å²) in [6, 6.07) is 7.79. The van der Waals surface area contributed by atoms with Crippen LogP contribution in [0.25, 0.3) is 10.2 Å². The highest BCUT2D eigenvalue weighted by atomic mass is 35.5. The summed E-state index contributed by atoms with van der Waals surface area (Å²) in [6.45, 7) is 4.28. The van der Waals surface area contributed by atoms with Gasteiger partial charge in [0.15, 0.2) is 5.16 Å². The molecule has 0 spiro atoms. The number of thioether (sulfide) groups is 1. The quantitative estimate of drug-likeness (QED) is 0.322. The third-order valence-electron chi connectivity index (χ3n) is 4.67. The lowest BCUT2D eigenvalue weighted by molar-refractivity contribution is 0.668. The van der Waals surface area contributed by atoms with Crippen LogP contribution in [0.5, 0.6) is 0 Å². The van der Waals surface area contributed by atoms with Crippen LogP contribution in [0.4, 0.5) is 0 Å². The maximum atomic E-state index is 13.2. The Morgan fingerprint density at radius 3 is 2.92 bits per heavy atom. The van der Waals surface area contributed by atoms with Crippen molar-refractivity contribution in [3.05, 3.63) is 68.3 Å². The van der Waals surface area contributed by atoms with Crippen LogP contribution in [-0.4, -0.2) is 9.55 Å². The van der Waals surface area contributed by atoms with E-state index in [1.165, 1.54) is 16.9 Å². The molecule has 2 aromatic heterocycles. The van der Waals surface area contributed by atoms with E-state index in [9.17, 15) is 4.79 Å². The lowest BCUT2D eigenvalue weighted by atomic mass is 9.97. The van der Waals surface area contributed by atoms with Crippen molar-refractivity contribution in [1.29, 1.82) is 0 Å². The molecule has 3 aromatic rings. The van der Waals surface area contributed by atoms with Gasteiger partial charge in [-0.05, 0) is 42.9 Å². The van der Waals surface area contributed by atoms with E-state index in [1.807, 2.05) is 24.3 Å². The van der Waals surface area contributed by atoms with Crippen molar-refractivity contribution in [1.82, 2.24) is 9.55 Å². The molecule has 0 N–H and O–H groups in total. The number of thiophene rings is 1. The van der Waals surface area contributed by atoms with Gasteiger partial charge in [0.1, 0.15) is 4.83 Å². The van der Waals surface area contributed by atoms with Crippen LogP contribution in [0.15, 0.2) is 46.9 Å². The first-order valence-corrected chi connectivity index (χ1v) is 10.9. The highest BCUT2D eigenvalue weighted by Gasteiger charge is 2.22. The summed E-state index contributed by atoms with van der Waals surface area (Å²) >= 11 is 9.52. The maximum Gasteiger partial charge on any atom is 0.263 e. The van der Waals surface area contributed by atoms with Gasteiger partial charge in [-0.1, -0.05) is 47.6 Å². The number of nitrogens with zero attached hydrogens (tertiary/aromatic N) is 2. The van der Waals surface area contributed by atoms with Gasteiger partial charge in [0, 0.05) is 22.2 Å². The standard InChI is InChI=1S/C20H19ClN2OS2/c1-2-11-23-19(24)17-14-8-4-6-10-16(14)26-18(17)22-20(23)25-12-13-7-3-5-9-15(13)21/h2-3,5,7,9H,1,4,6,8,10-12H2. The lowest BCUT2D eigenvalue weighted by Crippen LogP contribution is -2.23. The van der Waals surface area contributed by atoms with Gasteiger partial charge in [0.05, 0.1) is 5.39 Å². The van der Waals surface area contributed by atoms with E-state index in [0.717, 1.165) is 45.2 Å². The highest BCUT2D eigenvalue weighted by molar-refractivity contribution is 7.98. The number of hydrogen-bond acceptors (Lipinski definition) is 4. The maximum absolute atomic E-state index is 13.2. The van der Waals surface area contributed by atoms with Crippen molar-refractivity contribution in [2.75, 3.05) is 0 Å². The Labute approximate surface area is 165 Å². The van der Waals surface area contributed by atoms with Gasteiger partial charge >= 0.3 is 0 Å². The van der Waals surface area contributed by atoms with Crippen molar-refractivity contribution >= 4 is 44.9 Å². The second-order valence-electron chi connectivity index (χ2n) is 6.37. The number of aromatic nitrogens is 2. The molecule has 4 rings (SSSR count). The Kier molecular flexibility index (Phi) is 5.20. The van der Waals surface area contributed by atoms with E-state index >= 15 is 0 Å². The molecule has 6 heteroatoms. The Morgan fingerprint density at radius 2 is 2.12 bits per heavy atom. The number of fused-ring (bicyclic) bond motifs is 3. The highest BCUT2D eigenvalue weighted by Crippen LogP contribution is 2.35. The number of rotatable bonds is 5. The zero-order chi connectivity index (χ0) is 18.1. The molecule has 1 aromatic carbocycles. The Bertz CT molecular complexity index is 1040. The van der Waals surface area contributed by atoms with E-state index in [2.05, 4.69) is 6.58 Å². The Balaban J connectivity index is 1.78. The fraction of sp³-hybridized carbons (Fsp3) is 0.300. The van der Waals surface area contributed by atoms with Gasteiger partial charge in [-0.3, -0.25) is 9.36 Å². The SMILES string of the molecule is C=CCn1c(SCc2ccccc2Cl)nc2sc3c(c2c1=O)CCCC3. The first kappa shape index (κ1) is 17.8. The van der Waals surface area contributed by atoms with E-state index < -0.39 is 0 Å². The van der Waals surface area contributed by atoms with Crippen molar-refractivity contribution < 1.29 is 0 Å². The molecule has 2 heterocycles. The van der Waals surface area contributed by atoms with Crippen molar-refractivity contribution in [2.24, 2.45) is 0 Å². The molecule has 0 unspecified atom stereocenters. The lowest BCUT2D eigenvalue weighted by Gasteiger charge is -2.12. The van der Waals surface area contributed by atoms with Crippen LogP contribution in [0, 0.1) is 0 Å². The first-order valence-electron chi connectivity index (χ1n) is 8.71. The minimum Gasteiger partial charge on any atom is -0.283 e. The molecule has 0 aliphatic heterocycles. The molecule has 0 amide bonds. The summed E-state index contributed by atoms with van der Waals surface area (Å²) in [5.74, 6) is 0.680. The molecule has 0 saturated carbocycles. The molecule has 0 fully saturated rings. The van der Waals surface area contributed by atoms with E-state index in [-0.39, 0.29) is 5.56 Å². The largest absolute Gasteiger partial charge is 0.283 e. The summed E-state index contributed by atoms with van der Waals surface area (Å²) in [5.41, 5.74) is 2.34. The van der Waals surface area contributed by atoms with Crippen molar-refractivity contribution in [3.8, 4) is 0 Å². The van der Waals surface area contributed by atoms with Gasteiger partial charge in [-0.2, -0.15) is 0 Å². The average molecular weight is 403 g/mol. The van der Waals surface area contributed by atoms with Crippen LogP contribution in [0.1, 0.15) is 28.8 Å². The molecule has 0 atom stereocenters. The molecule has 26 heavy (non-hydrogen) atoms. The molecule has 0 radical (unpaired) electrons. The monoisotopic (exact) mass is 402 g/mol. The Morgan fingerprint density at radius 1 is 1.31 bits per heavy atom. The number of hydrogen-bond donors (Lipinski definition) is 0. The van der Waals surface area contributed by atoms with Gasteiger partial charge in [-0.15, -0.1) is 17.9 Å². The van der Waals surface area contributed by atoms with Gasteiger partial charge in [0.25, 0.3) is 5.56 Å². The molecule has 3 nitrogen and oxygen atoms in total. The Hall–Kier alpha value is -1.56. The summed E-state index contributed by atoms with van der Waals surface area (Å²) in [7, 11) is 0. The third kappa shape index (κ3) is 3.24. The normalized spacial score (nSPS) is 13.7. The fourth-order valence-corrected chi connectivity index (χ4v) is 5.97. The van der Waals surface area contributed by atoms with Crippen LogP contribution in [0.2, 0.25) is 5.02 Å². The molecular weight excluding hydrogens is 384 g/mol. The third-order valence-corrected chi connectivity index (χ3v) is 7.25. The van der Waals surface area contributed by atoms with Gasteiger partial charge in [-0.25, -0.2) is 4.98 Å². The summed E-state index contributed by atoms with van der Waals surface area (Å²) in [4.78, 5) is 20.3. The van der Waals surface area contributed by atoms with Crippen LogP contribution in [0.3, 0.4) is 0 Å². The van der Waals surface area contributed by atoms with Crippen molar-refractivity contribution in [3.63, 3.8) is 0 Å². The fourth-order valence-electron chi connectivity index (χ4n) is 3.38. The number of halogens is 1. The number of allylic oxidation sites excluding steroid dienone is 1. The zero-order valence-corrected chi connectivity index (χ0v) is 16.7. The number of benzene rings is 1. The molecule has 0 saturated heterocycles. The second-order valence-corrected chi connectivity index (χ2v) is 8.80. The van der Waals surface area contributed by atoms with Gasteiger partial charge < -0.3 is 0 Å². The zero-order valence-electron chi connectivity index (χ0n) is 14.3. The minimum atomic E-state index is 0.0657. The molecule has 1 aliphatic rings. The summed E-state index contributed by atoms with van der Waals surface area (Å²) in [5, 5.41) is 2.31. The predicted molar refractivity (Wildman–Crippen MR) is 112 cm³/mol. The smallest absolute Gasteiger partial charge is 0.263 e. The molecule has 1 aliphatic carbocycles. The summed E-state index contributed by atoms with van der Waals surface area (Å²) in [6.07, 6.45) is 6.18. The van der Waals surface area contributed by atoms with E-state index in [1.54, 1.807) is 33.7 Å². The van der Waals surface area contributed by atoms with Crippen LogP contribution < -0.4 is 5.56 Å². The average Bonchev–Trinajstić information content (AvgIpc) is 3.02. The summed E-state index contributed by atoms with van der Waals surface area (Å²) < 4.78 is 1.75. The first-order chi connectivity index (χ1) is 12.7. The molecule has 0 bridgehead atoms. The van der Waals surface area contributed by atoms with Crippen LogP contribution >= 0.6 is 34.7 Å². The van der Waals surface area contributed by atoms with E-state index in [0.29, 0.717) is 12.3 Å².